The number of nitrogens with two attached hydrogens (primary N) is 1. The van der Waals surface area contributed by atoms with E-state index in [1.54, 1.807) is 4.52 Å². The summed E-state index contributed by atoms with van der Waals surface area (Å²) in [6, 6.07) is 0.272. The Kier molecular flexibility index (Phi) is 4.19. The van der Waals surface area contributed by atoms with E-state index in [4.69, 9.17) is 5.73 Å². The SMILES string of the molecule is Cc1nc2nc(N)nn2c(C)c1CCC(=O)N[C@H](C)C1CCC1. The van der Waals surface area contributed by atoms with Gasteiger partial charge in [0.1, 0.15) is 0 Å². The average Bonchev–Trinajstić information content (AvgIpc) is 2.76. The molecule has 0 bridgehead atoms. The summed E-state index contributed by atoms with van der Waals surface area (Å²) in [6.07, 6.45) is 4.84. The number of hydrogen-bond acceptors (Lipinski definition) is 5. The maximum atomic E-state index is 12.2. The number of anilines is 1. The molecular weight excluding hydrogens is 292 g/mol. The van der Waals surface area contributed by atoms with Crippen molar-refractivity contribution in [1.82, 2.24) is 24.9 Å². The van der Waals surface area contributed by atoms with Crippen molar-refractivity contribution in [2.45, 2.75) is 58.9 Å². The van der Waals surface area contributed by atoms with Crippen molar-refractivity contribution in [3.8, 4) is 0 Å². The number of carbonyl (C=O) groups excluding carboxylic acids is 1. The molecule has 3 rings (SSSR count). The van der Waals surface area contributed by atoms with Gasteiger partial charge < -0.3 is 11.1 Å². The fourth-order valence-corrected chi connectivity index (χ4v) is 3.21. The van der Waals surface area contributed by atoms with Gasteiger partial charge in [-0.25, -0.2) is 4.98 Å². The van der Waals surface area contributed by atoms with Crippen molar-refractivity contribution >= 4 is 17.6 Å². The number of nitrogens with one attached hydrogen (secondary N) is 1. The van der Waals surface area contributed by atoms with Crippen LogP contribution in [-0.4, -0.2) is 31.5 Å². The summed E-state index contributed by atoms with van der Waals surface area (Å²) >= 11 is 0. The van der Waals surface area contributed by atoms with Crippen LogP contribution < -0.4 is 11.1 Å². The molecule has 3 N–H and O–H groups in total. The van der Waals surface area contributed by atoms with Gasteiger partial charge in [0.05, 0.1) is 0 Å². The minimum absolute atomic E-state index is 0.0985. The molecule has 2 aromatic heterocycles. The van der Waals surface area contributed by atoms with E-state index in [0.29, 0.717) is 24.5 Å². The van der Waals surface area contributed by atoms with Crippen molar-refractivity contribution in [1.29, 1.82) is 0 Å². The molecule has 124 valence electrons. The molecule has 0 spiro atoms. The zero-order valence-electron chi connectivity index (χ0n) is 14.0. The molecule has 23 heavy (non-hydrogen) atoms. The lowest BCUT2D eigenvalue weighted by Crippen LogP contribution is -2.40. The molecule has 0 radical (unpaired) electrons. The van der Waals surface area contributed by atoms with Crippen LogP contribution >= 0.6 is 0 Å². The first-order valence-electron chi connectivity index (χ1n) is 8.23. The third-order valence-corrected chi connectivity index (χ3v) is 4.91. The minimum atomic E-state index is 0.0985. The fraction of sp³-hybridized carbons (Fsp3) is 0.625. The molecule has 0 aliphatic heterocycles. The Hall–Kier alpha value is -2.18. The second-order valence-electron chi connectivity index (χ2n) is 6.49. The quantitative estimate of drug-likeness (QED) is 0.872. The van der Waals surface area contributed by atoms with Gasteiger partial charge in [0.2, 0.25) is 11.9 Å². The number of rotatable bonds is 5. The number of aromatic nitrogens is 4. The highest BCUT2D eigenvalue weighted by atomic mass is 16.1. The molecule has 1 fully saturated rings. The van der Waals surface area contributed by atoms with Crippen LogP contribution in [0.15, 0.2) is 0 Å². The Morgan fingerprint density at radius 3 is 2.78 bits per heavy atom. The zero-order chi connectivity index (χ0) is 16.6. The summed E-state index contributed by atoms with van der Waals surface area (Å²) in [6.45, 7) is 5.99. The van der Waals surface area contributed by atoms with Crippen molar-refractivity contribution in [2.75, 3.05) is 5.73 Å². The van der Waals surface area contributed by atoms with Crippen LogP contribution in [0.1, 0.15) is 49.6 Å². The predicted molar refractivity (Wildman–Crippen MR) is 87.9 cm³/mol. The number of nitrogens with zero attached hydrogens (tertiary/aromatic N) is 4. The third-order valence-electron chi connectivity index (χ3n) is 4.91. The van der Waals surface area contributed by atoms with Gasteiger partial charge in [-0.1, -0.05) is 6.42 Å². The first-order valence-corrected chi connectivity index (χ1v) is 8.23. The Bertz CT molecular complexity index is 734. The number of carbonyl (C=O) groups is 1. The summed E-state index contributed by atoms with van der Waals surface area (Å²) < 4.78 is 1.65. The van der Waals surface area contributed by atoms with Crippen LogP contribution in [-0.2, 0) is 11.2 Å². The van der Waals surface area contributed by atoms with E-state index in [1.165, 1.54) is 19.3 Å². The molecule has 1 amide bonds. The predicted octanol–water partition coefficient (Wildman–Crippen LogP) is 1.56. The Balaban J connectivity index is 1.67. The van der Waals surface area contributed by atoms with Gasteiger partial charge in [0.25, 0.3) is 5.78 Å². The molecule has 1 aliphatic rings. The molecule has 0 unspecified atom stereocenters. The maximum absolute atomic E-state index is 12.2. The third kappa shape index (κ3) is 3.13. The second-order valence-corrected chi connectivity index (χ2v) is 6.49. The highest BCUT2D eigenvalue weighted by molar-refractivity contribution is 5.76. The van der Waals surface area contributed by atoms with E-state index in [-0.39, 0.29) is 17.9 Å². The van der Waals surface area contributed by atoms with Crippen LogP contribution in [0.25, 0.3) is 5.78 Å². The van der Waals surface area contributed by atoms with Gasteiger partial charge in [0, 0.05) is 23.9 Å². The normalized spacial score (nSPS) is 16.3. The van der Waals surface area contributed by atoms with E-state index in [9.17, 15) is 4.79 Å². The Labute approximate surface area is 135 Å². The molecule has 1 saturated carbocycles. The summed E-state index contributed by atoms with van der Waals surface area (Å²) in [4.78, 5) is 20.7. The van der Waals surface area contributed by atoms with Crippen molar-refractivity contribution in [3.63, 3.8) is 0 Å². The van der Waals surface area contributed by atoms with Crippen LogP contribution in [0.3, 0.4) is 0 Å². The lowest BCUT2D eigenvalue weighted by Gasteiger charge is -2.31. The number of nitrogen functional groups attached to an aromatic ring is 1. The highest BCUT2D eigenvalue weighted by Gasteiger charge is 2.25. The van der Waals surface area contributed by atoms with Gasteiger partial charge in [-0.15, -0.1) is 5.10 Å². The average molecular weight is 316 g/mol. The first-order chi connectivity index (χ1) is 11.0. The molecule has 0 aromatic carbocycles. The lowest BCUT2D eigenvalue weighted by atomic mass is 9.80. The van der Waals surface area contributed by atoms with Gasteiger partial charge in [-0.2, -0.15) is 9.50 Å². The summed E-state index contributed by atoms with van der Waals surface area (Å²) in [7, 11) is 0. The van der Waals surface area contributed by atoms with Crippen LogP contribution in [0, 0.1) is 19.8 Å². The molecule has 2 heterocycles. The monoisotopic (exact) mass is 316 g/mol. The zero-order valence-corrected chi connectivity index (χ0v) is 14.0. The van der Waals surface area contributed by atoms with Gasteiger partial charge >= 0.3 is 0 Å². The molecule has 1 aliphatic carbocycles. The maximum Gasteiger partial charge on any atom is 0.254 e. The van der Waals surface area contributed by atoms with Crippen LogP contribution in [0.5, 0.6) is 0 Å². The van der Waals surface area contributed by atoms with E-state index >= 15 is 0 Å². The van der Waals surface area contributed by atoms with Gasteiger partial charge in [-0.05, 0) is 51.5 Å². The molecule has 1 atom stereocenters. The largest absolute Gasteiger partial charge is 0.366 e. The summed E-state index contributed by atoms with van der Waals surface area (Å²) in [5.41, 5.74) is 8.49. The van der Waals surface area contributed by atoms with Crippen LogP contribution in [0.2, 0.25) is 0 Å². The van der Waals surface area contributed by atoms with Crippen molar-refractivity contribution < 1.29 is 4.79 Å². The van der Waals surface area contributed by atoms with E-state index < -0.39 is 0 Å². The molecule has 7 nitrogen and oxygen atoms in total. The molecule has 2 aromatic rings. The molecular formula is C16H24N6O. The van der Waals surface area contributed by atoms with Gasteiger partial charge in [0.15, 0.2) is 0 Å². The van der Waals surface area contributed by atoms with E-state index in [2.05, 4.69) is 27.3 Å². The number of fused-ring (bicyclic) bond motifs is 1. The summed E-state index contributed by atoms with van der Waals surface area (Å²) in [5, 5.41) is 7.27. The topological polar surface area (TPSA) is 98.2 Å². The number of amides is 1. The Morgan fingerprint density at radius 1 is 1.39 bits per heavy atom. The number of aryl methyl sites for hydroxylation is 2. The smallest absolute Gasteiger partial charge is 0.254 e. The highest BCUT2D eigenvalue weighted by Crippen LogP contribution is 2.29. The molecule has 0 saturated heterocycles. The lowest BCUT2D eigenvalue weighted by molar-refractivity contribution is -0.122. The van der Waals surface area contributed by atoms with E-state index in [0.717, 1.165) is 17.0 Å². The van der Waals surface area contributed by atoms with Gasteiger partial charge in [-0.3, -0.25) is 4.79 Å². The molecule has 7 heteroatoms. The summed E-state index contributed by atoms with van der Waals surface area (Å²) in [5.74, 6) is 1.47. The fourth-order valence-electron chi connectivity index (χ4n) is 3.21. The first kappa shape index (κ1) is 15.7. The van der Waals surface area contributed by atoms with Crippen LogP contribution in [0.4, 0.5) is 5.95 Å². The number of hydrogen-bond donors (Lipinski definition) is 2. The Morgan fingerprint density at radius 2 is 2.13 bits per heavy atom. The second kappa shape index (κ2) is 6.14. The minimum Gasteiger partial charge on any atom is -0.366 e. The standard InChI is InChI=1S/C16H24N6O/c1-9(12-5-4-6-12)18-14(23)8-7-13-10(2)19-16-20-15(17)21-22(16)11(13)3/h9,12H,4-8H2,1-3H3,(H2,17,21)(H,18,23)/t9-/m1/s1. The van der Waals surface area contributed by atoms with Crippen molar-refractivity contribution in [2.24, 2.45) is 5.92 Å². The van der Waals surface area contributed by atoms with Crippen molar-refractivity contribution in [3.05, 3.63) is 17.0 Å². The van der Waals surface area contributed by atoms with E-state index in [1.807, 2.05) is 13.8 Å².